The first kappa shape index (κ1) is 24.1. The molecule has 12 heteroatoms. The zero-order chi connectivity index (χ0) is 24.1. The second-order valence-electron chi connectivity index (χ2n) is 7.24. The molecule has 1 fully saturated rings. The van der Waals surface area contributed by atoms with E-state index in [-0.39, 0.29) is 35.3 Å². The molecule has 2 aromatic rings. The van der Waals surface area contributed by atoms with Gasteiger partial charge in [-0.2, -0.15) is 0 Å². The number of nitro groups is 1. The summed E-state index contributed by atoms with van der Waals surface area (Å²) in [4.78, 5) is 42.7. The highest BCUT2D eigenvalue weighted by Crippen LogP contribution is 2.46. The highest BCUT2D eigenvalue weighted by molar-refractivity contribution is 6.30. The Labute approximate surface area is 194 Å². The number of likely N-dealkylation sites (tertiary alicyclic amines) is 1. The van der Waals surface area contributed by atoms with E-state index in [1.54, 1.807) is 12.1 Å². The summed E-state index contributed by atoms with van der Waals surface area (Å²) in [6.45, 7) is 0.432. The number of carbonyl (C=O) groups excluding carboxylic acids is 2. The molecule has 1 unspecified atom stereocenters. The van der Waals surface area contributed by atoms with Crippen molar-refractivity contribution in [1.29, 1.82) is 0 Å². The number of piperidine rings is 1. The zero-order valence-electron chi connectivity index (χ0n) is 18.3. The van der Waals surface area contributed by atoms with Gasteiger partial charge in [0.25, 0.3) is 5.91 Å². The molecule has 2 amide bonds. The van der Waals surface area contributed by atoms with E-state index < -0.39 is 22.4 Å². The van der Waals surface area contributed by atoms with Crippen LogP contribution in [-0.4, -0.2) is 61.0 Å². The van der Waals surface area contributed by atoms with E-state index in [1.165, 1.54) is 38.5 Å². The molecule has 0 saturated carbocycles. The average Bonchev–Trinajstić information content (AvgIpc) is 2.83. The minimum absolute atomic E-state index is 0.00890. The molecular formula is C21H23ClN4O7. The lowest BCUT2D eigenvalue weighted by molar-refractivity contribution is -0.386. The maximum absolute atomic E-state index is 13.3. The monoisotopic (exact) mass is 478 g/mol. The lowest BCUT2D eigenvalue weighted by atomic mass is 9.96. The number of hydrogen-bond acceptors (Lipinski definition) is 8. The number of ether oxygens (including phenoxy) is 3. The molecule has 1 N–H and O–H groups in total. The first-order valence-corrected chi connectivity index (χ1v) is 10.4. The van der Waals surface area contributed by atoms with Crippen molar-refractivity contribution < 1.29 is 28.7 Å². The number of pyridine rings is 1. The first-order chi connectivity index (χ1) is 15.8. The Hall–Kier alpha value is -3.60. The number of anilines is 1. The van der Waals surface area contributed by atoms with E-state index in [4.69, 9.17) is 25.8 Å². The van der Waals surface area contributed by atoms with Gasteiger partial charge in [-0.15, -0.1) is 0 Å². The summed E-state index contributed by atoms with van der Waals surface area (Å²) in [5.74, 6) is -1.18. The maximum Gasteiger partial charge on any atom is 0.327 e. The number of amides is 2. The van der Waals surface area contributed by atoms with Gasteiger partial charge < -0.3 is 24.4 Å². The van der Waals surface area contributed by atoms with Crippen LogP contribution in [0.2, 0.25) is 5.02 Å². The quantitative estimate of drug-likeness (QED) is 0.474. The van der Waals surface area contributed by atoms with Gasteiger partial charge in [0.2, 0.25) is 17.4 Å². The van der Waals surface area contributed by atoms with Gasteiger partial charge in [0.05, 0.1) is 37.2 Å². The number of rotatable bonds is 7. The van der Waals surface area contributed by atoms with Gasteiger partial charge in [-0.3, -0.25) is 19.7 Å². The number of carbonyl (C=O) groups is 2. The molecule has 2 heterocycles. The SMILES string of the molecule is COc1cc(C(=O)N2CCCC(C(=O)Nc3ccc(Cl)cn3)C2)c([N+](=O)[O-])c(OC)c1OC. The second kappa shape index (κ2) is 10.3. The summed E-state index contributed by atoms with van der Waals surface area (Å²) < 4.78 is 15.6. The fourth-order valence-corrected chi connectivity index (χ4v) is 3.82. The maximum atomic E-state index is 13.3. The molecule has 11 nitrogen and oxygen atoms in total. The highest BCUT2D eigenvalue weighted by Gasteiger charge is 2.36. The lowest BCUT2D eigenvalue weighted by Crippen LogP contribution is -2.44. The summed E-state index contributed by atoms with van der Waals surface area (Å²) >= 11 is 5.81. The fourth-order valence-electron chi connectivity index (χ4n) is 3.71. The number of methoxy groups -OCH3 is 3. The van der Waals surface area contributed by atoms with E-state index in [0.717, 1.165) is 0 Å². The Morgan fingerprint density at radius 1 is 1.21 bits per heavy atom. The molecule has 0 radical (unpaired) electrons. The average molecular weight is 479 g/mol. The summed E-state index contributed by atoms with van der Waals surface area (Å²) in [5.41, 5.74) is -0.744. The second-order valence-corrected chi connectivity index (χ2v) is 7.68. The van der Waals surface area contributed by atoms with Crippen LogP contribution in [0, 0.1) is 16.0 Å². The van der Waals surface area contributed by atoms with Crippen LogP contribution in [0.5, 0.6) is 17.2 Å². The van der Waals surface area contributed by atoms with E-state index in [9.17, 15) is 19.7 Å². The Kier molecular flexibility index (Phi) is 7.54. The third kappa shape index (κ3) is 5.08. The van der Waals surface area contributed by atoms with Crippen LogP contribution in [0.25, 0.3) is 0 Å². The van der Waals surface area contributed by atoms with Crippen molar-refractivity contribution in [1.82, 2.24) is 9.88 Å². The van der Waals surface area contributed by atoms with Gasteiger partial charge in [0, 0.05) is 25.4 Å². The topological polar surface area (TPSA) is 133 Å². The smallest absolute Gasteiger partial charge is 0.327 e. The van der Waals surface area contributed by atoms with Crippen molar-refractivity contribution >= 4 is 34.9 Å². The van der Waals surface area contributed by atoms with E-state index >= 15 is 0 Å². The van der Waals surface area contributed by atoms with Crippen LogP contribution < -0.4 is 19.5 Å². The summed E-state index contributed by atoms with van der Waals surface area (Å²) in [6.07, 6.45) is 2.52. The van der Waals surface area contributed by atoms with E-state index in [1.807, 2.05) is 0 Å². The third-order valence-corrected chi connectivity index (χ3v) is 5.50. The number of halogens is 1. The number of nitrogens with one attached hydrogen (secondary N) is 1. The predicted octanol–water partition coefficient (Wildman–Crippen LogP) is 3.16. The molecule has 1 aromatic heterocycles. The van der Waals surface area contributed by atoms with Crippen molar-refractivity contribution in [3.63, 3.8) is 0 Å². The number of nitro benzene ring substituents is 1. The number of benzene rings is 1. The normalized spacial score (nSPS) is 15.5. The minimum atomic E-state index is -0.700. The Bertz CT molecular complexity index is 1060. The molecule has 1 aliphatic heterocycles. The molecule has 1 atom stereocenters. The van der Waals surface area contributed by atoms with Gasteiger partial charge in [0.15, 0.2) is 5.75 Å². The molecular weight excluding hydrogens is 456 g/mol. The molecule has 1 aliphatic rings. The number of nitrogens with zero attached hydrogens (tertiary/aromatic N) is 3. The Morgan fingerprint density at radius 2 is 1.94 bits per heavy atom. The van der Waals surface area contributed by atoms with Crippen LogP contribution in [0.15, 0.2) is 24.4 Å². The molecule has 1 saturated heterocycles. The molecule has 0 spiro atoms. The van der Waals surface area contributed by atoms with Gasteiger partial charge in [0.1, 0.15) is 11.4 Å². The summed E-state index contributed by atoms with van der Waals surface area (Å²) in [7, 11) is 3.91. The van der Waals surface area contributed by atoms with Crippen LogP contribution in [-0.2, 0) is 4.79 Å². The Morgan fingerprint density at radius 3 is 2.52 bits per heavy atom. The standard InChI is InChI=1S/C21H23ClN4O7/c1-31-15-9-14(17(26(29)30)19(33-3)18(15)32-2)21(28)25-8-4-5-12(11-25)20(27)24-16-7-6-13(22)10-23-16/h6-7,9-10,12H,4-5,8,11H2,1-3H3,(H,23,24,27). The molecule has 0 bridgehead atoms. The van der Waals surface area contributed by atoms with E-state index in [0.29, 0.717) is 30.2 Å². The predicted molar refractivity (Wildman–Crippen MR) is 119 cm³/mol. The van der Waals surface area contributed by atoms with Crippen molar-refractivity contribution in [2.75, 3.05) is 39.7 Å². The van der Waals surface area contributed by atoms with Crippen LogP contribution in [0.4, 0.5) is 11.5 Å². The summed E-state index contributed by atoms with van der Waals surface area (Å²) in [5, 5.41) is 15.0. The lowest BCUT2D eigenvalue weighted by Gasteiger charge is -2.32. The Balaban J connectivity index is 1.87. The largest absolute Gasteiger partial charge is 0.493 e. The van der Waals surface area contributed by atoms with Crippen LogP contribution in [0.3, 0.4) is 0 Å². The van der Waals surface area contributed by atoms with Crippen molar-refractivity contribution in [2.24, 2.45) is 5.92 Å². The van der Waals surface area contributed by atoms with Gasteiger partial charge in [-0.25, -0.2) is 4.98 Å². The molecule has 1 aromatic carbocycles. The van der Waals surface area contributed by atoms with E-state index in [2.05, 4.69) is 10.3 Å². The first-order valence-electron chi connectivity index (χ1n) is 9.99. The molecule has 0 aliphatic carbocycles. The fraction of sp³-hybridized carbons (Fsp3) is 0.381. The highest BCUT2D eigenvalue weighted by atomic mass is 35.5. The zero-order valence-corrected chi connectivity index (χ0v) is 19.0. The van der Waals surface area contributed by atoms with Crippen molar-refractivity contribution in [2.45, 2.75) is 12.8 Å². The van der Waals surface area contributed by atoms with Crippen LogP contribution >= 0.6 is 11.6 Å². The number of aromatic nitrogens is 1. The molecule has 33 heavy (non-hydrogen) atoms. The molecule has 3 rings (SSSR count). The minimum Gasteiger partial charge on any atom is -0.493 e. The van der Waals surface area contributed by atoms with Gasteiger partial charge in [-0.05, 0) is 25.0 Å². The van der Waals surface area contributed by atoms with Gasteiger partial charge in [-0.1, -0.05) is 11.6 Å². The van der Waals surface area contributed by atoms with Crippen molar-refractivity contribution in [3.8, 4) is 17.2 Å². The third-order valence-electron chi connectivity index (χ3n) is 5.27. The van der Waals surface area contributed by atoms with Gasteiger partial charge >= 0.3 is 5.69 Å². The summed E-state index contributed by atoms with van der Waals surface area (Å²) in [6, 6.07) is 4.43. The number of hydrogen-bond donors (Lipinski definition) is 1. The van der Waals surface area contributed by atoms with Crippen molar-refractivity contribution in [3.05, 3.63) is 45.1 Å². The molecule has 176 valence electrons. The van der Waals surface area contributed by atoms with Crippen LogP contribution in [0.1, 0.15) is 23.2 Å².